The smallest absolute Gasteiger partial charge is 0.119 e. The summed E-state index contributed by atoms with van der Waals surface area (Å²) in [6.07, 6.45) is 4.62. The van der Waals surface area contributed by atoms with Crippen LogP contribution in [0, 0.1) is 0 Å². The topological polar surface area (TPSA) is 30.5 Å². The van der Waals surface area contributed by atoms with Gasteiger partial charge in [0.1, 0.15) is 11.5 Å². The Morgan fingerprint density at radius 2 is 1.76 bits per heavy atom. The summed E-state index contributed by atoms with van der Waals surface area (Å²) in [6, 6.07) is 15.3. The van der Waals surface area contributed by atoms with Crippen LogP contribution in [0.3, 0.4) is 0 Å². The van der Waals surface area contributed by atoms with E-state index >= 15 is 0 Å². The highest BCUT2D eigenvalue weighted by molar-refractivity contribution is 5.44. The molecule has 134 valence electrons. The van der Waals surface area contributed by atoms with Crippen molar-refractivity contribution < 1.29 is 9.47 Å². The molecule has 1 N–H and O–H groups in total. The van der Waals surface area contributed by atoms with Crippen LogP contribution in [0.15, 0.2) is 42.5 Å². The summed E-state index contributed by atoms with van der Waals surface area (Å²) in [5, 5.41) is 3.64. The maximum absolute atomic E-state index is 5.83. The Balaban J connectivity index is 1.70. The zero-order valence-electron chi connectivity index (χ0n) is 15.4. The van der Waals surface area contributed by atoms with E-state index in [2.05, 4.69) is 54.7 Å². The maximum Gasteiger partial charge on any atom is 0.119 e. The van der Waals surface area contributed by atoms with E-state index in [-0.39, 0.29) is 6.04 Å². The standard InChI is InChI=1S/C22H29NO2/c1-3-5-6-15-25-19-9-7-17(8-10-19)22-21-12-11-20(24-4-2)16-18(21)13-14-23-22/h7-12,16,22-23H,3-6,13-15H2,1-2H3. The van der Waals surface area contributed by atoms with Crippen LogP contribution in [0.25, 0.3) is 0 Å². The lowest BCUT2D eigenvalue weighted by Gasteiger charge is -2.28. The molecule has 0 aliphatic carbocycles. The van der Waals surface area contributed by atoms with Crippen LogP contribution in [0.4, 0.5) is 0 Å². The van der Waals surface area contributed by atoms with Crippen LogP contribution in [-0.2, 0) is 6.42 Å². The number of rotatable bonds is 8. The highest BCUT2D eigenvalue weighted by atomic mass is 16.5. The third kappa shape index (κ3) is 4.55. The number of hydrogen-bond donors (Lipinski definition) is 1. The summed E-state index contributed by atoms with van der Waals surface area (Å²) in [5.74, 6) is 1.93. The van der Waals surface area contributed by atoms with Gasteiger partial charge in [-0.25, -0.2) is 0 Å². The first-order chi connectivity index (χ1) is 12.3. The molecule has 0 saturated heterocycles. The second-order valence-corrected chi connectivity index (χ2v) is 6.56. The van der Waals surface area contributed by atoms with Crippen molar-refractivity contribution in [3.63, 3.8) is 0 Å². The summed E-state index contributed by atoms with van der Waals surface area (Å²) in [7, 11) is 0. The van der Waals surface area contributed by atoms with Crippen molar-refractivity contribution in [2.45, 2.75) is 45.6 Å². The fourth-order valence-corrected chi connectivity index (χ4v) is 3.39. The van der Waals surface area contributed by atoms with Crippen molar-refractivity contribution in [2.75, 3.05) is 19.8 Å². The molecule has 1 atom stereocenters. The Kier molecular flexibility index (Phi) is 6.35. The molecule has 1 unspecified atom stereocenters. The summed E-state index contributed by atoms with van der Waals surface area (Å²) < 4.78 is 11.5. The quantitative estimate of drug-likeness (QED) is 0.695. The third-order valence-electron chi connectivity index (χ3n) is 4.71. The van der Waals surface area contributed by atoms with E-state index in [1.807, 2.05) is 6.92 Å². The molecule has 0 amide bonds. The zero-order valence-corrected chi connectivity index (χ0v) is 15.4. The lowest BCUT2D eigenvalue weighted by molar-refractivity contribution is 0.306. The van der Waals surface area contributed by atoms with Crippen LogP contribution in [-0.4, -0.2) is 19.8 Å². The van der Waals surface area contributed by atoms with Gasteiger partial charge in [0, 0.05) is 6.54 Å². The highest BCUT2D eigenvalue weighted by Crippen LogP contribution is 2.32. The summed E-state index contributed by atoms with van der Waals surface area (Å²) in [5.41, 5.74) is 4.02. The molecule has 0 spiro atoms. The fourth-order valence-electron chi connectivity index (χ4n) is 3.39. The van der Waals surface area contributed by atoms with Crippen LogP contribution < -0.4 is 14.8 Å². The molecule has 0 saturated carbocycles. The van der Waals surface area contributed by atoms with Crippen molar-refractivity contribution in [1.29, 1.82) is 0 Å². The number of benzene rings is 2. The third-order valence-corrected chi connectivity index (χ3v) is 4.71. The van der Waals surface area contributed by atoms with Gasteiger partial charge in [-0.1, -0.05) is 38.0 Å². The van der Waals surface area contributed by atoms with Gasteiger partial charge in [-0.05, 0) is 60.7 Å². The molecule has 2 aromatic carbocycles. The normalized spacial score (nSPS) is 16.3. The van der Waals surface area contributed by atoms with Gasteiger partial charge in [-0.15, -0.1) is 0 Å². The molecule has 1 aliphatic rings. The first-order valence-electron chi connectivity index (χ1n) is 9.53. The van der Waals surface area contributed by atoms with Gasteiger partial charge < -0.3 is 14.8 Å². The van der Waals surface area contributed by atoms with Gasteiger partial charge >= 0.3 is 0 Å². The van der Waals surface area contributed by atoms with Crippen LogP contribution in [0.5, 0.6) is 11.5 Å². The molecule has 2 aromatic rings. The lowest BCUT2D eigenvalue weighted by Crippen LogP contribution is -2.30. The Bertz CT molecular complexity index is 666. The average molecular weight is 339 g/mol. The minimum Gasteiger partial charge on any atom is -0.494 e. The number of fused-ring (bicyclic) bond motifs is 1. The van der Waals surface area contributed by atoms with Gasteiger partial charge in [-0.3, -0.25) is 0 Å². The van der Waals surface area contributed by atoms with Crippen molar-refractivity contribution in [1.82, 2.24) is 5.32 Å². The summed E-state index contributed by atoms with van der Waals surface area (Å²) in [4.78, 5) is 0. The van der Waals surface area contributed by atoms with E-state index in [9.17, 15) is 0 Å². The first-order valence-corrected chi connectivity index (χ1v) is 9.53. The Morgan fingerprint density at radius 1 is 0.960 bits per heavy atom. The van der Waals surface area contributed by atoms with Crippen LogP contribution in [0.1, 0.15) is 55.8 Å². The largest absolute Gasteiger partial charge is 0.494 e. The summed E-state index contributed by atoms with van der Waals surface area (Å²) in [6.45, 7) is 6.73. The van der Waals surface area contributed by atoms with Gasteiger partial charge in [0.25, 0.3) is 0 Å². The van der Waals surface area contributed by atoms with Crippen LogP contribution >= 0.6 is 0 Å². The first kappa shape index (κ1) is 17.8. The van der Waals surface area contributed by atoms with E-state index in [0.29, 0.717) is 6.61 Å². The van der Waals surface area contributed by atoms with E-state index in [4.69, 9.17) is 9.47 Å². The van der Waals surface area contributed by atoms with Crippen LogP contribution in [0.2, 0.25) is 0 Å². The molecule has 0 radical (unpaired) electrons. The maximum atomic E-state index is 5.83. The van der Waals surface area contributed by atoms with Gasteiger partial charge in [0.2, 0.25) is 0 Å². The minimum atomic E-state index is 0.244. The second-order valence-electron chi connectivity index (χ2n) is 6.56. The van der Waals surface area contributed by atoms with E-state index in [1.54, 1.807) is 0 Å². The number of hydrogen-bond acceptors (Lipinski definition) is 3. The SMILES string of the molecule is CCCCCOc1ccc(C2NCCc3cc(OCC)ccc32)cc1. The monoisotopic (exact) mass is 339 g/mol. The van der Waals surface area contributed by atoms with Gasteiger partial charge in [0.05, 0.1) is 19.3 Å². The Morgan fingerprint density at radius 3 is 2.52 bits per heavy atom. The molecular weight excluding hydrogens is 310 g/mol. The Labute approximate surface area is 151 Å². The molecule has 0 bridgehead atoms. The molecular formula is C22H29NO2. The number of unbranched alkanes of at least 4 members (excludes halogenated alkanes) is 2. The molecule has 3 nitrogen and oxygen atoms in total. The van der Waals surface area contributed by atoms with Crippen molar-refractivity contribution in [2.24, 2.45) is 0 Å². The second kappa shape index (κ2) is 8.91. The van der Waals surface area contributed by atoms with E-state index < -0.39 is 0 Å². The lowest BCUT2D eigenvalue weighted by atomic mass is 9.90. The van der Waals surface area contributed by atoms with E-state index in [1.165, 1.54) is 29.5 Å². The summed E-state index contributed by atoms with van der Waals surface area (Å²) >= 11 is 0. The number of ether oxygens (including phenoxy) is 2. The molecule has 3 heteroatoms. The highest BCUT2D eigenvalue weighted by Gasteiger charge is 2.21. The molecule has 0 fully saturated rings. The van der Waals surface area contributed by atoms with Gasteiger partial charge in [-0.2, -0.15) is 0 Å². The fraction of sp³-hybridized carbons (Fsp3) is 0.455. The minimum absolute atomic E-state index is 0.244. The van der Waals surface area contributed by atoms with Crippen molar-refractivity contribution >= 4 is 0 Å². The average Bonchev–Trinajstić information content (AvgIpc) is 2.65. The van der Waals surface area contributed by atoms with Gasteiger partial charge in [0.15, 0.2) is 0 Å². The predicted molar refractivity (Wildman–Crippen MR) is 103 cm³/mol. The number of nitrogens with one attached hydrogen (secondary N) is 1. The Hall–Kier alpha value is -2.00. The molecule has 25 heavy (non-hydrogen) atoms. The molecule has 1 heterocycles. The molecule has 3 rings (SSSR count). The van der Waals surface area contributed by atoms with E-state index in [0.717, 1.165) is 37.5 Å². The molecule has 0 aromatic heterocycles. The molecule has 1 aliphatic heterocycles. The zero-order chi connectivity index (χ0) is 17.5. The predicted octanol–water partition coefficient (Wildman–Crippen LogP) is 4.89. The van der Waals surface area contributed by atoms with Crippen molar-refractivity contribution in [3.05, 3.63) is 59.2 Å². The van der Waals surface area contributed by atoms with Crippen molar-refractivity contribution in [3.8, 4) is 11.5 Å².